The summed E-state index contributed by atoms with van der Waals surface area (Å²) in [5.74, 6) is 0.532. The van der Waals surface area contributed by atoms with Crippen LogP contribution in [0.15, 0.2) is 48.8 Å². The summed E-state index contributed by atoms with van der Waals surface area (Å²) in [5, 5.41) is 0. The molecule has 0 amide bonds. The first kappa shape index (κ1) is 11.4. The highest BCUT2D eigenvalue weighted by Gasteiger charge is 2.24. The highest BCUT2D eigenvalue weighted by Crippen LogP contribution is 2.32. The van der Waals surface area contributed by atoms with Crippen molar-refractivity contribution in [2.75, 3.05) is 0 Å². The molecule has 2 N–H and O–H groups in total. The Labute approximate surface area is 108 Å². The molecule has 0 fully saturated rings. The lowest BCUT2D eigenvalue weighted by Crippen LogP contribution is -2.27. The molecule has 0 spiro atoms. The molecular formula is C16H18N2. The van der Waals surface area contributed by atoms with Crippen LogP contribution in [0.25, 0.3) is 0 Å². The lowest BCUT2D eigenvalue weighted by molar-refractivity contribution is 0.382. The fourth-order valence-electron chi connectivity index (χ4n) is 2.88. The van der Waals surface area contributed by atoms with E-state index in [1.54, 1.807) is 6.20 Å². The summed E-state index contributed by atoms with van der Waals surface area (Å²) in [5.41, 5.74) is 10.5. The number of hydrogen-bond donors (Lipinski definition) is 1. The molecule has 92 valence electrons. The number of benzene rings is 1. The zero-order chi connectivity index (χ0) is 12.4. The second kappa shape index (κ2) is 4.91. The van der Waals surface area contributed by atoms with Crippen LogP contribution in [0.1, 0.15) is 29.2 Å². The van der Waals surface area contributed by atoms with Gasteiger partial charge in [0.05, 0.1) is 0 Å². The Balaban J connectivity index is 1.80. The molecule has 18 heavy (non-hydrogen) atoms. The number of rotatable bonds is 2. The summed E-state index contributed by atoms with van der Waals surface area (Å²) in [7, 11) is 0. The van der Waals surface area contributed by atoms with Gasteiger partial charge in [-0.25, -0.2) is 0 Å². The summed E-state index contributed by atoms with van der Waals surface area (Å²) in [6, 6.07) is 12.9. The Kier molecular flexibility index (Phi) is 3.11. The molecule has 2 atom stereocenters. The van der Waals surface area contributed by atoms with Crippen LogP contribution in [0.4, 0.5) is 0 Å². The van der Waals surface area contributed by atoms with Gasteiger partial charge in [-0.15, -0.1) is 0 Å². The highest BCUT2D eigenvalue weighted by atomic mass is 14.7. The Bertz CT molecular complexity index is 522. The molecule has 1 aromatic carbocycles. The number of aromatic nitrogens is 1. The molecule has 1 aromatic heterocycles. The molecular weight excluding hydrogens is 220 g/mol. The fraction of sp³-hybridized carbons (Fsp3) is 0.312. The zero-order valence-electron chi connectivity index (χ0n) is 10.4. The smallest absolute Gasteiger partial charge is 0.0342 e. The fourth-order valence-corrected chi connectivity index (χ4v) is 2.88. The van der Waals surface area contributed by atoms with Crippen molar-refractivity contribution >= 4 is 0 Å². The third kappa shape index (κ3) is 2.16. The summed E-state index contributed by atoms with van der Waals surface area (Å²) in [4.78, 5) is 4.16. The van der Waals surface area contributed by atoms with Gasteiger partial charge in [-0.2, -0.15) is 0 Å². The minimum atomic E-state index is 0.104. The zero-order valence-corrected chi connectivity index (χ0v) is 10.4. The minimum absolute atomic E-state index is 0.104. The van der Waals surface area contributed by atoms with Gasteiger partial charge in [0, 0.05) is 18.4 Å². The van der Waals surface area contributed by atoms with Crippen LogP contribution >= 0.6 is 0 Å². The van der Waals surface area contributed by atoms with Gasteiger partial charge in [0.15, 0.2) is 0 Å². The monoisotopic (exact) mass is 238 g/mol. The SMILES string of the molecule is NC(c1cccnc1)C1CCc2ccccc2C1. The van der Waals surface area contributed by atoms with E-state index in [9.17, 15) is 0 Å². The molecule has 0 bridgehead atoms. The van der Waals surface area contributed by atoms with E-state index in [1.165, 1.54) is 17.5 Å². The Morgan fingerprint density at radius 3 is 2.72 bits per heavy atom. The van der Waals surface area contributed by atoms with Crippen LogP contribution in [0.3, 0.4) is 0 Å². The quantitative estimate of drug-likeness (QED) is 0.873. The van der Waals surface area contributed by atoms with E-state index in [-0.39, 0.29) is 6.04 Å². The third-order valence-corrected chi connectivity index (χ3v) is 3.96. The maximum absolute atomic E-state index is 6.39. The summed E-state index contributed by atoms with van der Waals surface area (Å²) >= 11 is 0. The second-order valence-corrected chi connectivity index (χ2v) is 5.08. The standard InChI is InChI=1S/C16H18N2/c17-16(15-6-3-9-18-11-15)14-8-7-12-4-1-2-5-13(12)10-14/h1-6,9,11,14,16H,7-8,10,17H2. The molecule has 1 aliphatic carbocycles. The maximum atomic E-state index is 6.39. The van der Waals surface area contributed by atoms with E-state index in [2.05, 4.69) is 35.3 Å². The molecule has 3 rings (SSSR count). The maximum Gasteiger partial charge on any atom is 0.0342 e. The van der Waals surface area contributed by atoms with E-state index in [4.69, 9.17) is 5.73 Å². The van der Waals surface area contributed by atoms with Crippen molar-refractivity contribution in [1.82, 2.24) is 4.98 Å². The van der Waals surface area contributed by atoms with Gasteiger partial charge in [0.25, 0.3) is 0 Å². The molecule has 2 aromatic rings. The summed E-state index contributed by atoms with van der Waals surface area (Å²) in [6.45, 7) is 0. The molecule has 2 nitrogen and oxygen atoms in total. The lowest BCUT2D eigenvalue weighted by Gasteiger charge is -2.29. The first-order chi connectivity index (χ1) is 8.84. The molecule has 1 aliphatic rings. The van der Waals surface area contributed by atoms with Gasteiger partial charge in [0.2, 0.25) is 0 Å². The van der Waals surface area contributed by atoms with E-state index in [0.29, 0.717) is 5.92 Å². The Morgan fingerprint density at radius 1 is 1.11 bits per heavy atom. The predicted molar refractivity (Wildman–Crippen MR) is 73.1 cm³/mol. The first-order valence-corrected chi connectivity index (χ1v) is 6.57. The van der Waals surface area contributed by atoms with E-state index in [0.717, 1.165) is 18.4 Å². The van der Waals surface area contributed by atoms with E-state index < -0.39 is 0 Å². The number of nitrogens with zero attached hydrogens (tertiary/aromatic N) is 1. The summed E-state index contributed by atoms with van der Waals surface area (Å²) < 4.78 is 0. The van der Waals surface area contributed by atoms with Gasteiger partial charge in [-0.3, -0.25) is 4.98 Å². The molecule has 0 aliphatic heterocycles. The van der Waals surface area contributed by atoms with Crippen molar-refractivity contribution in [3.05, 3.63) is 65.5 Å². The Morgan fingerprint density at radius 2 is 1.94 bits per heavy atom. The van der Waals surface area contributed by atoms with Gasteiger partial charge >= 0.3 is 0 Å². The lowest BCUT2D eigenvalue weighted by atomic mass is 9.78. The number of fused-ring (bicyclic) bond motifs is 1. The van der Waals surface area contributed by atoms with E-state index >= 15 is 0 Å². The van der Waals surface area contributed by atoms with Crippen LogP contribution in [0.2, 0.25) is 0 Å². The van der Waals surface area contributed by atoms with Crippen molar-refractivity contribution in [2.45, 2.75) is 25.3 Å². The highest BCUT2D eigenvalue weighted by molar-refractivity contribution is 5.30. The van der Waals surface area contributed by atoms with Crippen LogP contribution in [-0.4, -0.2) is 4.98 Å². The van der Waals surface area contributed by atoms with Crippen LogP contribution in [0, 0.1) is 5.92 Å². The van der Waals surface area contributed by atoms with Crippen molar-refractivity contribution in [1.29, 1.82) is 0 Å². The second-order valence-electron chi connectivity index (χ2n) is 5.08. The number of aryl methyl sites for hydroxylation is 1. The predicted octanol–water partition coefficient (Wildman–Crippen LogP) is 2.89. The van der Waals surface area contributed by atoms with Crippen molar-refractivity contribution in [2.24, 2.45) is 11.7 Å². The topological polar surface area (TPSA) is 38.9 Å². The Hall–Kier alpha value is -1.67. The average molecular weight is 238 g/mol. The van der Waals surface area contributed by atoms with Gasteiger partial charge in [0.1, 0.15) is 0 Å². The van der Waals surface area contributed by atoms with Crippen LogP contribution < -0.4 is 5.73 Å². The molecule has 1 heterocycles. The molecule has 0 radical (unpaired) electrons. The largest absolute Gasteiger partial charge is 0.324 e. The number of pyridine rings is 1. The minimum Gasteiger partial charge on any atom is -0.324 e. The molecule has 0 saturated heterocycles. The van der Waals surface area contributed by atoms with Gasteiger partial charge in [-0.1, -0.05) is 30.3 Å². The average Bonchev–Trinajstić information content (AvgIpc) is 2.47. The van der Waals surface area contributed by atoms with E-state index in [1.807, 2.05) is 12.3 Å². The van der Waals surface area contributed by atoms with Gasteiger partial charge in [-0.05, 0) is 47.9 Å². The molecule has 2 heteroatoms. The van der Waals surface area contributed by atoms with Crippen LogP contribution in [0.5, 0.6) is 0 Å². The van der Waals surface area contributed by atoms with Crippen molar-refractivity contribution in [3.63, 3.8) is 0 Å². The number of hydrogen-bond acceptors (Lipinski definition) is 2. The molecule has 2 unspecified atom stereocenters. The summed E-state index contributed by atoms with van der Waals surface area (Å²) in [6.07, 6.45) is 7.10. The third-order valence-electron chi connectivity index (χ3n) is 3.96. The van der Waals surface area contributed by atoms with Crippen molar-refractivity contribution < 1.29 is 0 Å². The molecule has 0 saturated carbocycles. The van der Waals surface area contributed by atoms with Gasteiger partial charge < -0.3 is 5.73 Å². The number of nitrogens with two attached hydrogens (primary N) is 1. The van der Waals surface area contributed by atoms with Crippen LogP contribution in [-0.2, 0) is 12.8 Å². The van der Waals surface area contributed by atoms with Crippen molar-refractivity contribution in [3.8, 4) is 0 Å². The normalized spacial score (nSPS) is 20.2. The first-order valence-electron chi connectivity index (χ1n) is 6.57.